The van der Waals surface area contributed by atoms with Crippen LogP contribution in [0.15, 0.2) is 18.2 Å². The smallest absolute Gasteiger partial charge is 0.0698 e. The lowest BCUT2D eigenvalue weighted by Crippen LogP contribution is -2.28. The second kappa shape index (κ2) is 7.14. The molecular formula is C13H22N2O2. The number of ether oxygens (including phenoxy) is 1. The maximum atomic E-state index is 8.63. The summed E-state index contributed by atoms with van der Waals surface area (Å²) in [6.45, 7) is 6.98. The van der Waals surface area contributed by atoms with Crippen molar-refractivity contribution in [2.75, 3.05) is 43.5 Å². The summed E-state index contributed by atoms with van der Waals surface area (Å²) in [5.74, 6) is 0. The number of aliphatic hydroxyl groups excluding tert-OH is 1. The van der Waals surface area contributed by atoms with E-state index in [1.165, 1.54) is 5.56 Å². The van der Waals surface area contributed by atoms with E-state index in [-0.39, 0.29) is 6.61 Å². The molecule has 0 atom stereocenters. The Kier molecular flexibility index (Phi) is 5.80. The Labute approximate surface area is 103 Å². The maximum Gasteiger partial charge on any atom is 0.0698 e. The van der Waals surface area contributed by atoms with Crippen LogP contribution in [-0.4, -0.2) is 38.0 Å². The summed E-state index contributed by atoms with van der Waals surface area (Å²) >= 11 is 0. The van der Waals surface area contributed by atoms with Crippen LogP contribution in [0.2, 0.25) is 0 Å². The van der Waals surface area contributed by atoms with Crippen LogP contribution in [0.5, 0.6) is 0 Å². The number of likely N-dealkylation sites (N-methyl/N-ethyl adjacent to an activating group) is 1. The van der Waals surface area contributed by atoms with Gasteiger partial charge in [-0.05, 0) is 31.5 Å². The van der Waals surface area contributed by atoms with Gasteiger partial charge in [0, 0.05) is 24.5 Å². The molecule has 1 rings (SSSR count). The molecule has 1 aromatic rings. The monoisotopic (exact) mass is 238 g/mol. The minimum atomic E-state index is 0.0729. The second-order valence-electron chi connectivity index (χ2n) is 3.96. The highest BCUT2D eigenvalue weighted by Crippen LogP contribution is 2.22. The number of hydrogen-bond donors (Lipinski definition) is 2. The molecule has 0 aliphatic carbocycles. The van der Waals surface area contributed by atoms with Crippen LogP contribution in [0, 0.1) is 6.92 Å². The molecular weight excluding hydrogens is 216 g/mol. The van der Waals surface area contributed by atoms with E-state index < -0.39 is 0 Å². The summed E-state index contributed by atoms with van der Waals surface area (Å²) in [6, 6.07) is 5.93. The quantitative estimate of drug-likeness (QED) is 0.557. The Morgan fingerprint density at radius 2 is 2.12 bits per heavy atom. The molecule has 0 fully saturated rings. The number of rotatable bonds is 7. The van der Waals surface area contributed by atoms with Crippen LogP contribution >= 0.6 is 0 Å². The van der Waals surface area contributed by atoms with Crippen molar-refractivity contribution in [3.63, 3.8) is 0 Å². The summed E-state index contributed by atoms with van der Waals surface area (Å²) in [5, 5.41) is 8.63. The zero-order valence-electron chi connectivity index (χ0n) is 10.6. The van der Waals surface area contributed by atoms with E-state index in [4.69, 9.17) is 15.6 Å². The SMILES string of the molecule is CCN(CCOCCO)c1cc(N)ccc1C. The third-order valence-corrected chi connectivity index (χ3v) is 2.70. The Hall–Kier alpha value is -1.26. The normalized spacial score (nSPS) is 10.5. The Morgan fingerprint density at radius 3 is 2.76 bits per heavy atom. The van der Waals surface area contributed by atoms with Crippen LogP contribution < -0.4 is 10.6 Å². The van der Waals surface area contributed by atoms with Crippen LogP contribution in [0.25, 0.3) is 0 Å². The molecule has 0 amide bonds. The van der Waals surface area contributed by atoms with E-state index in [1.807, 2.05) is 18.2 Å². The highest BCUT2D eigenvalue weighted by molar-refractivity contribution is 5.60. The van der Waals surface area contributed by atoms with E-state index in [9.17, 15) is 0 Å². The van der Waals surface area contributed by atoms with Gasteiger partial charge in [-0.2, -0.15) is 0 Å². The van der Waals surface area contributed by atoms with E-state index in [0.29, 0.717) is 13.2 Å². The van der Waals surface area contributed by atoms with Gasteiger partial charge < -0.3 is 20.5 Å². The van der Waals surface area contributed by atoms with Crippen molar-refractivity contribution in [3.8, 4) is 0 Å². The number of anilines is 2. The fraction of sp³-hybridized carbons (Fsp3) is 0.538. The van der Waals surface area contributed by atoms with Gasteiger partial charge in [0.15, 0.2) is 0 Å². The molecule has 0 spiro atoms. The average molecular weight is 238 g/mol. The molecule has 4 heteroatoms. The van der Waals surface area contributed by atoms with Crippen molar-refractivity contribution in [2.45, 2.75) is 13.8 Å². The molecule has 0 radical (unpaired) electrons. The lowest BCUT2D eigenvalue weighted by atomic mass is 10.1. The summed E-state index contributed by atoms with van der Waals surface area (Å²) in [7, 11) is 0. The summed E-state index contributed by atoms with van der Waals surface area (Å²) < 4.78 is 5.28. The van der Waals surface area contributed by atoms with E-state index in [0.717, 1.165) is 24.5 Å². The number of nitrogen functional groups attached to an aromatic ring is 1. The van der Waals surface area contributed by atoms with Crippen LogP contribution in [-0.2, 0) is 4.74 Å². The molecule has 17 heavy (non-hydrogen) atoms. The van der Waals surface area contributed by atoms with Gasteiger partial charge in [-0.15, -0.1) is 0 Å². The minimum Gasteiger partial charge on any atom is -0.399 e. The molecule has 0 saturated heterocycles. The zero-order chi connectivity index (χ0) is 12.7. The van der Waals surface area contributed by atoms with E-state index >= 15 is 0 Å². The van der Waals surface area contributed by atoms with Crippen LogP contribution in [0.4, 0.5) is 11.4 Å². The number of aryl methyl sites for hydroxylation is 1. The number of benzene rings is 1. The molecule has 0 bridgehead atoms. The molecule has 3 N–H and O–H groups in total. The molecule has 0 unspecified atom stereocenters. The first kappa shape index (κ1) is 13.8. The molecule has 0 aliphatic rings. The molecule has 0 heterocycles. The molecule has 4 nitrogen and oxygen atoms in total. The zero-order valence-corrected chi connectivity index (χ0v) is 10.6. The van der Waals surface area contributed by atoms with E-state index in [2.05, 4.69) is 18.7 Å². The predicted molar refractivity (Wildman–Crippen MR) is 71.4 cm³/mol. The third kappa shape index (κ3) is 4.24. The van der Waals surface area contributed by atoms with Gasteiger partial charge in [-0.1, -0.05) is 6.07 Å². The largest absolute Gasteiger partial charge is 0.399 e. The van der Waals surface area contributed by atoms with Crippen molar-refractivity contribution in [1.29, 1.82) is 0 Å². The third-order valence-electron chi connectivity index (χ3n) is 2.70. The van der Waals surface area contributed by atoms with Crippen LogP contribution in [0.1, 0.15) is 12.5 Å². The standard InChI is InChI=1S/C13H22N2O2/c1-3-15(6-8-17-9-7-16)13-10-12(14)5-4-11(13)2/h4-5,10,16H,3,6-9,14H2,1-2H3. The van der Waals surface area contributed by atoms with Gasteiger partial charge in [0.1, 0.15) is 0 Å². The van der Waals surface area contributed by atoms with Gasteiger partial charge in [0.25, 0.3) is 0 Å². The Balaban J connectivity index is 2.62. The topological polar surface area (TPSA) is 58.7 Å². The van der Waals surface area contributed by atoms with Crippen molar-refractivity contribution < 1.29 is 9.84 Å². The van der Waals surface area contributed by atoms with Gasteiger partial charge in [0.05, 0.1) is 19.8 Å². The highest BCUT2D eigenvalue weighted by atomic mass is 16.5. The van der Waals surface area contributed by atoms with E-state index in [1.54, 1.807) is 0 Å². The fourth-order valence-electron chi connectivity index (χ4n) is 1.76. The minimum absolute atomic E-state index is 0.0729. The first-order chi connectivity index (χ1) is 8.19. The Morgan fingerprint density at radius 1 is 1.35 bits per heavy atom. The summed E-state index contributed by atoms with van der Waals surface area (Å²) in [6.07, 6.45) is 0. The lowest BCUT2D eigenvalue weighted by Gasteiger charge is -2.25. The summed E-state index contributed by atoms with van der Waals surface area (Å²) in [5.41, 5.74) is 8.95. The van der Waals surface area contributed by atoms with Gasteiger partial charge in [-0.25, -0.2) is 0 Å². The number of nitrogens with zero attached hydrogens (tertiary/aromatic N) is 1. The fourth-order valence-corrected chi connectivity index (χ4v) is 1.76. The average Bonchev–Trinajstić information content (AvgIpc) is 2.33. The number of hydrogen-bond acceptors (Lipinski definition) is 4. The van der Waals surface area contributed by atoms with Gasteiger partial charge >= 0.3 is 0 Å². The maximum absolute atomic E-state index is 8.63. The highest BCUT2D eigenvalue weighted by Gasteiger charge is 2.07. The van der Waals surface area contributed by atoms with Crippen LogP contribution in [0.3, 0.4) is 0 Å². The first-order valence-corrected chi connectivity index (χ1v) is 5.98. The first-order valence-electron chi connectivity index (χ1n) is 5.98. The van der Waals surface area contributed by atoms with Crippen molar-refractivity contribution in [2.24, 2.45) is 0 Å². The lowest BCUT2D eigenvalue weighted by molar-refractivity contribution is 0.0967. The van der Waals surface area contributed by atoms with Crippen molar-refractivity contribution in [1.82, 2.24) is 0 Å². The predicted octanol–water partition coefficient (Wildman–Crippen LogP) is 1.41. The Bertz CT molecular complexity index is 342. The molecule has 0 aromatic heterocycles. The van der Waals surface area contributed by atoms with Crippen molar-refractivity contribution >= 4 is 11.4 Å². The second-order valence-corrected chi connectivity index (χ2v) is 3.96. The number of aliphatic hydroxyl groups is 1. The molecule has 0 aliphatic heterocycles. The molecule has 0 saturated carbocycles. The molecule has 96 valence electrons. The van der Waals surface area contributed by atoms with Gasteiger partial charge in [0.2, 0.25) is 0 Å². The number of nitrogens with two attached hydrogens (primary N) is 1. The van der Waals surface area contributed by atoms with Gasteiger partial charge in [-0.3, -0.25) is 0 Å². The molecule has 1 aromatic carbocycles. The summed E-state index contributed by atoms with van der Waals surface area (Å²) in [4.78, 5) is 2.23. The van der Waals surface area contributed by atoms with Crippen molar-refractivity contribution in [3.05, 3.63) is 23.8 Å².